The highest BCUT2D eigenvalue weighted by Gasteiger charge is 2.12. The Balaban J connectivity index is 2.08. The molecule has 1 amide bonds. The van der Waals surface area contributed by atoms with Crippen LogP contribution in [0, 0.1) is 5.82 Å². The number of nitrogens with one attached hydrogen (secondary N) is 1. The number of carbonyl (C=O) groups excluding carboxylic acids is 1. The average molecular weight is 287 g/mol. The molecule has 0 fully saturated rings. The standard InChI is InChI=1S/C16H14FNO3/c1-10(13-3-2-4-14(17)9-13)18-15(19)11-5-7-12(8-6-11)16(20)21/h2-10H,1H3,(H,18,19)(H,20,21). The van der Waals surface area contributed by atoms with E-state index in [0.29, 0.717) is 11.1 Å². The molecule has 0 aromatic heterocycles. The quantitative estimate of drug-likeness (QED) is 0.908. The van der Waals surface area contributed by atoms with E-state index in [1.807, 2.05) is 0 Å². The van der Waals surface area contributed by atoms with Crippen LogP contribution in [-0.2, 0) is 0 Å². The highest BCUT2D eigenvalue weighted by atomic mass is 19.1. The largest absolute Gasteiger partial charge is 0.478 e. The molecule has 0 aliphatic carbocycles. The molecule has 0 aliphatic heterocycles. The van der Waals surface area contributed by atoms with E-state index in [0.717, 1.165) is 0 Å². The molecule has 0 radical (unpaired) electrons. The Hall–Kier alpha value is -2.69. The first-order valence-electron chi connectivity index (χ1n) is 6.37. The van der Waals surface area contributed by atoms with Gasteiger partial charge in [-0.1, -0.05) is 12.1 Å². The molecule has 2 aromatic rings. The van der Waals surface area contributed by atoms with Crippen LogP contribution in [0.4, 0.5) is 4.39 Å². The van der Waals surface area contributed by atoms with Gasteiger partial charge in [-0.2, -0.15) is 0 Å². The van der Waals surface area contributed by atoms with Gasteiger partial charge in [0, 0.05) is 5.56 Å². The zero-order chi connectivity index (χ0) is 15.4. The molecule has 1 unspecified atom stereocenters. The fourth-order valence-corrected chi connectivity index (χ4v) is 1.90. The molecule has 0 heterocycles. The summed E-state index contributed by atoms with van der Waals surface area (Å²) in [7, 11) is 0. The number of aromatic carboxylic acids is 1. The first-order chi connectivity index (χ1) is 9.97. The molecule has 0 saturated heterocycles. The van der Waals surface area contributed by atoms with Crippen LogP contribution in [0.5, 0.6) is 0 Å². The molecule has 2 aromatic carbocycles. The highest BCUT2D eigenvalue weighted by molar-refractivity contribution is 5.96. The molecule has 0 aliphatic rings. The second kappa shape index (κ2) is 6.17. The van der Waals surface area contributed by atoms with Crippen molar-refractivity contribution in [2.75, 3.05) is 0 Å². The third kappa shape index (κ3) is 3.66. The lowest BCUT2D eigenvalue weighted by atomic mass is 10.1. The molecule has 1 atom stereocenters. The molecule has 5 heteroatoms. The average Bonchev–Trinajstić information content (AvgIpc) is 2.47. The van der Waals surface area contributed by atoms with E-state index in [1.165, 1.54) is 36.4 Å². The minimum atomic E-state index is -1.05. The van der Waals surface area contributed by atoms with Gasteiger partial charge in [-0.3, -0.25) is 4.79 Å². The number of halogens is 1. The molecule has 108 valence electrons. The van der Waals surface area contributed by atoms with Crippen molar-refractivity contribution >= 4 is 11.9 Å². The van der Waals surface area contributed by atoms with E-state index in [2.05, 4.69) is 5.32 Å². The Morgan fingerprint density at radius 1 is 1.10 bits per heavy atom. The van der Waals surface area contributed by atoms with Gasteiger partial charge in [0.15, 0.2) is 0 Å². The summed E-state index contributed by atoms with van der Waals surface area (Å²) in [5, 5.41) is 11.5. The minimum Gasteiger partial charge on any atom is -0.478 e. The third-order valence-corrected chi connectivity index (χ3v) is 3.09. The Morgan fingerprint density at radius 3 is 2.29 bits per heavy atom. The Labute approximate surface area is 121 Å². The zero-order valence-electron chi connectivity index (χ0n) is 11.3. The number of hydrogen-bond acceptors (Lipinski definition) is 2. The van der Waals surface area contributed by atoms with Crippen LogP contribution in [0.2, 0.25) is 0 Å². The predicted molar refractivity (Wildman–Crippen MR) is 75.7 cm³/mol. The summed E-state index contributed by atoms with van der Waals surface area (Å²) < 4.78 is 13.1. The SMILES string of the molecule is CC(NC(=O)c1ccc(C(=O)O)cc1)c1cccc(F)c1. The van der Waals surface area contributed by atoms with Gasteiger partial charge in [0.05, 0.1) is 11.6 Å². The topological polar surface area (TPSA) is 66.4 Å². The summed E-state index contributed by atoms with van der Waals surface area (Å²) in [6.07, 6.45) is 0. The number of carbonyl (C=O) groups is 2. The van der Waals surface area contributed by atoms with Crippen molar-refractivity contribution in [2.45, 2.75) is 13.0 Å². The van der Waals surface area contributed by atoms with Crippen LogP contribution >= 0.6 is 0 Å². The van der Waals surface area contributed by atoms with Gasteiger partial charge in [0.2, 0.25) is 0 Å². The molecule has 21 heavy (non-hydrogen) atoms. The normalized spacial score (nSPS) is 11.7. The first kappa shape index (κ1) is 14.7. The Kier molecular flexibility index (Phi) is 4.33. The Bertz CT molecular complexity index is 667. The van der Waals surface area contributed by atoms with Gasteiger partial charge in [-0.25, -0.2) is 9.18 Å². The van der Waals surface area contributed by atoms with Gasteiger partial charge in [0.1, 0.15) is 5.82 Å². The van der Waals surface area contributed by atoms with E-state index < -0.39 is 5.97 Å². The molecular formula is C16H14FNO3. The molecule has 0 saturated carbocycles. The molecule has 0 spiro atoms. The summed E-state index contributed by atoms with van der Waals surface area (Å²) in [5.41, 5.74) is 1.12. The van der Waals surface area contributed by atoms with E-state index in [-0.39, 0.29) is 23.3 Å². The highest BCUT2D eigenvalue weighted by Crippen LogP contribution is 2.14. The number of amides is 1. The monoisotopic (exact) mass is 287 g/mol. The second-order valence-electron chi connectivity index (χ2n) is 4.63. The van der Waals surface area contributed by atoms with Gasteiger partial charge in [0.25, 0.3) is 5.91 Å². The van der Waals surface area contributed by atoms with E-state index in [4.69, 9.17) is 5.11 Å². The number of hydrogen-bond donors (Lipinski definition) is 2. The maximum Gasteiger partial charge on any atom is 0.335 e. The van der Waals surface area contributed by atoms with Crippen LogP contribution in [0.1, 0.15) is 39.2 Å². The maximum absolute atomic E-state index is 13.1. The van der Waals surface area contributed by atoms with Crippen LogP contribution < -0.4 is 5.32 Å². The number of rotatable bonds is 4. The lowest BCUT2D eigenvalue weighted by Gasteiger charge is -2.14. The lowest BCUT2D eigenvalue weighted by Crippen LogP contribution is -2.26. The van der Waals surface area contributed by atoms with Crippen molar-refractivity contribution in [1.82, 2.24) is 5.32 Å². The van der Waals surface area contributed by atoms with Gasteiger partial charge in [-0.05, 0) is 48.9 Å². The summed E-state index contributed by atoms with van der Waals surface area (Å²) >= 11 is 0. The van der Waals surface area contributed by atoms with Gasteiger partial charge < -0.3 is 10.4 Å². The Morgan fingerprint density at radius 2 is 1.71 bits per heavy atom. The van der Waals surface area contributed by atoms with E-state index in [9.17, 15) is 14.0 Å². The molecule has 2 rings (SSSR count). The van der Waals surface area contributed by atoms with Crippen LogP contribution in [0.25, 0.3) is 0 Å². The molecule has 0 bridgehead atoms. The van der Waals surface area contributed by atoms with Crippen LogP contribution in [0.3, 0.4) is 0 Å². The van der Waals surface area contributed by atoms with Gasteiger partial charge in [-0.15, -0.1) is 0 Å². The van der Waals surface area contributed by atoms with Crippen molar-refractivity contribution in [2.24, 2.45) is 0 Å². The van der Waals surface area contributed by atoms with Gasteiger partial charge >= 0.3 is 5.97 Å². The number of carboxylic acids is 1. The zero-order valence-corrected chi connectivity index (χ0v) is 11.3. The van der Waals surface area contributed by atoms with Crippen molar-refractivity contribution < 1.29 is 19.1 Å². The molecule has 4 nitrogen and oxygen atoms in total. The minimum absolute atomic E-state index is 0.115. The smallest absolute Gasteiger partial charge is 0.335 e. The summed E-state index contributed by atoms with van der Waals surface area (Å²) in [6.45, 7) is 1.75. The summed E-state index contributed by atoms with van der Waals surface area (Å²) in [5.74, 6) is -1.75. The maximum atomic E-state index is 13.1. The van der Waals surface area contributed by atoms with Crippen molar-refractivity contribution in [3.05, 3.63) is 71.0 Å². The fourth-order valence-electron chi connectivity index (χ4n) is 1.90. The van der Waals surface area contributed by atoms with Crippen molar-refractivity contribution in [1.29, 1.82) is 0 Å². The third-order valence-electron chi connectivity index (χ3n) is 3.09. The second-order valence-corrected chi connectivity index (χ2v) is 4.63. The summed E-state index contributed by atoms with van der Waals surface area (Å²) in [6, 6.07) is 11.3. The fraction of sp³-hybridized carbons (Fsp3) is 0.125. The first-order valence-corrected chi connectivity index (χ1v) is 6.37. The molecule has 2 N–H and O–H groups in total. The molecular weight excluding hydrogens is 273 g/mol. The number of carboxylic acid groups (broad SMARTS) is 1. The van der Waals surface area contributed by atoms with Crippen LogP contribution in [-0.4, -0.2) is 17.0 Å². The van der Waals surface area contributed by atoms with E-state index in [1.54, 1.807) is 19.1 Å². The van der Waals surface area contributed by atoms with E-state index >= 15 is 0 Å². The van der Waals surface area contributed by atoms with Crippen molar-refractivity contribution in [3.63, 3.8) is 0 Å². The van der Waals surface area contributed by atoms with Crippen LogP contribution in [0.15, 0.2) is 48.5 Å². The number of benzene rings is 2. The van der Waals surface area contributed by atoms with Crippen molar-refractivity contribution in [3.8, 4) is 0 Å². The lowest BCUT2D eigenvalue weighted by molar-refractivity contribution is 0.0696. The predicted octanol–water partition coefficient (Wildman–Crippen LogP) is 3.01. The summed E-state index contributed by atoms with van der Waals surface area (Å²) in [4.78, 5) is 22.8.